The minimum atomic E-state index is -0.679. The molecule has 2 heterocycles. The number of primary amides is 1. The number of hydrogen-bond acceptors (Lipinski definition) is 6. The number of hydrogen-bond donors (Lipinski definition) is 2. The van der Waals surface area contributed by atoms with E-state index in [0.29, 0.717) is 30.5 Å². The van der Waals surface area contributed by atoms with Gasteiger partial charge in [-0.1, -0.05) is 0 Å². The van der Waals surface area contributed by atoms with Crippen molar-refractivity contribution in [3.63, 3.8) is 0 Å². The molecule has 4 saturated carbocycles. The van der Waals surface area contributed by atoms with Gasteiger partial charge < -0.3 is 11.1 Å². The standard InChI is InChI=1S/C21H27N7O4/c1-2-26-11-16(18(25-26)19(22)30)24-17(29)8-20-4-13-3-14(5-20)7-21(6-13,12-20)27-10-15(9-23-27)28(31)32/h9-11,13-14H,2-8,12H2,1H3,(H2,22,30)(H,24,29). The number of nitrogens with one attached hydrogen (secondary N) is 1. The number of nitro groups is 1. The van der Waals surface area contributed by atoms with Gasteiger partial charge in [-0.05, 0) is 62.7 Å². The third-order valence-corrected chi connectivity index (χ3v) is 7.55. The summed E-state index contributed by atoms with van der Waals surface area (Å²) in [6, 6.07) is 0. The summed E-state index contributed by atoms with van der Waals surface area (Å²) in [6.45, 7) is 2.44. The van der Waals surface area contributed by atoms with E-state index in [1.54, 1.807) is 21.8 Å². The van der Waals surface area contributed by atoms with Gasteiger partial charge in [0.2, 0.25) is 5.91 Å². The molecule has 2 amide bonds. The molecule has 32 heavy (non-hydrogen) atoms. The van der Waals surface area contributed by atoms with Gasteiger partial charge in [-0.3, -0.25) is 29.1 Å². The first-order valence-electron chi connectivity index (χ1n) is 11.1. The van der Waals surface area contributed by atoms with Crippen molar-refractivity contribution in [3.05, 3.63) is 34.4 Å². The van der Waals surface area contributed by atoms with Crippen molar-refractivity contribution in [2.75, 3.05) is 5.32 Å². The molecule has 0 radical (unpaired) electrons. The van der Waals surface area contributed by atoms with Crippen molar-refractivity contribution in [2.45, 2.75) is 64.0 Å². The van der Waals surface area contributed by atoms with Crippen LogP contribution in [0.5, 0.6) is 0 Å². The Morgan fingerprint density at radius 2 is 2.00 bits per heavy atom. The summed E-state index contributed by atoms with van der Waals surface area (Å²) in [6.07, 6.45) is 10.6. The zero-order chi connectivity index (χ0) is 22.7. The first-order chi connectivity index (χ1) is 15.2. The maximum absolute atomic E-state index is 13.1. The second-order valence-corrected chi connectivity index (χ2v) is 9.92. The van der Waals surface area contributed by atoms with Crippen LogP contribution in [0.25, 0.3) is 0 Å². The highest BCUT2D eigenvalue weighted by molar-refractivity contribution is 6.01. The number of rotatable bonds is 7. The zero-order valence-corrected chi connectivity index (χ0v) is 18.0. The molecule has 4 fully saturated rings. The van der Waals surface area contributed by atoms with Gasteiger partial charge in [-0.25, -0.2) is 0 Å². The van der Waals surface area contributed by atoms with E-state index in [-0.39, 0.29) is 28.2 Å². The summed E-state index contributed by atoms with van der Waals surface area (Å²) in [5.41, 5.74) is 5.38. The third-order valence-electron chi connectivity index (χ3n) is 7.55. The lowest BCUT2D eigenvalue weighted by Gasteiger charge is -2.61. The molecule has 6 rings (SSSR count). The Morgan fingerprint density at radius 3 is 2.59 bits per heavy atom. The molecule has 0 aliphatic heterocycles. The number of aryl methyl sites for hydroxylation is 1. The smallest absolute Gasteiger partial charge is 0.307 e. The van der Waals surface area contributed by atoms with Crippen LogP contribution in [0.15, 0.2) is 18.6 Å². The topological polar surface area (TPSA) is 151 Å². The van der Waals surface area contributed by atoms with E-state index in [1.807, 2.05) is 6.92 Å². The molecule has 4 aliphatic carbocycles. The number of carbonyl (C=O) groups excluding carboxylic acids is 2. The second kappa shape index (κ2) is 7.14. The lowest BCUT2D eigenvalue weighted by molar-refractivity contribution is -0.385. The Bertz CT molecular complexity index is 1090. The molecule has 0 saturated heterocycles. The monoisotopic (exact) mass is 441 g/mol. The van der Waals surface area contributed by atoms with Gasteiger partial charge in [-0.15, -0.1) is 0 Å². The minimum Gasteiger partial charge on any atom is -0.364 e. The molecule has 4 aliphatic rings. The van der Waals surface area contributed by atoms with Crippen LogP contribution < -0.4 is 11.1 Å². The minimum absolute atomic E-state index is 0.000504. The molecule has 2 aromatic heterocycles. The molecule has 2 aromatic rings. The Balaban J connectivity index is 1.38. The van der Waals surface area contributed by atoms with Crippen molar-refractivity contribution in [3.8, 4) is 0 Å². The predicted molar refractivity (Wildman–Crippen MR) is 114 cm³/mol. The molecule has 11 nitrogen and oxygen atoms in total. The number of nitrogens with two attached hydrogens (primary N) is 1. The van der Waals surface area contributed by atoms with Crippen LogP contribution >= 0.6 is 0 Å². The highest BCUT2D eigenvalue weighted by Gasteiger charge is 2.59. The van der Waals surface area contributed by atoms with E-state index in [9.17, 15) is 19.7 Å². The molecular formula is C21H27N7O4. The van der Waals surface area contributed by atoms with Crippen LogP contribution in [-0.2, 0) is 16.9 Å². The summed E-state index contributed by atoms with van der Waals surface area (Å²) < 4.78 is 3.37. The van der Waals surface area contributed by atoms with E-state index in [4.69, 9.17) is 5.73 Å². The number of aromatic nitrogens is 4. The van der Waals surface area contributed by atoms with E-state index in [1.165, 1.54) is 6.20 Å². The number of carbonyl (C=O) groups is 2. The first-order valence-corrected chi connectivity index (χ1v) is 11.1. The van der Waals surface area contributed by atoms with Gasteiger partial charge in [-0.2, -0.15) is 10.2 Å². The van der Waals surface area contributed by atoms with Crippen molar-refractivity contribution >= 4 is 23.2 Å². The van der Waals surface area contributed by atoms with Gasteiger partial charge in [0, 0.05) is 19.2 Å². The molecule has 3 N–H and O–H groups in total. The summed E-state index contributed by atoms with van der Waals surface area (Å²) in [5, 5.41) is 22.5. The van der Waals surface area contributed by atoms with Crippen LogP contribution in [0.2, 0.25) is 0 Å². The fourth-order valence-corrected chi connectivity index (χ4v) is 6.94. The fraction of sp³-hybridized carbons (Fsp3) is 0.619. The van der Waals surface area contributed by atoms with Crippen LogP contribution in [0.3, 0.4) is 0 Å². The molecule has 4 bridgehead atoms. The highest BCUT2D eigenvalue weighted by atomic mass is 16.6. The maximum atomic E-state index is 13.1. The van der Waals surface area contributed by atoms with Crippen molar-refractivity contribution in [1.82, 2.24) is 19.6 Å². The van der Waals surface area contributed by atoms with Crippen LogP contribution in [0, 0.1) is 27.4 Å². The molecule has 11 heteroatoms. The molecule has 0 aromatic carbocycles. The van der Waals surface area contributed by atoms with Crippen molar-refractivity contribution in [1.29, 1.82) is 0 Å². The normalized spacial score (nSPS) is 30.4. The number of anilines is 1. The van der Waals surface area contributed by atoms with E-state index in [0.717, 1.165) is 38.5 Å². The quantitative estimate of drug-likeness (QED) is 0.497. The van der Waals surface area contributed by atoms with Crippen LogP contribution in [0.1, 0.15) is 62.4 Å². The number of nitrogens with zero attached hydrogens (tertiary/aromatic N) is 5. The average molecular weight is 441 g/mol. The lowest BCUT2D eigenvalue weighted by atomic mass is 9.46. The molecule has 170 valence electrons. The predicted octanol–water partition coefficient (Wildman–Crippen LogP) is 2.43. The summed E-state index contributed by atoms with van der Waals surface area (Å²) in [5.74, 6) is 0.126. The first kappa shape index (κ1) is 20.7. The average Bonchev–Trinajstić information content (AvgIpc) is 3.34. The summed E-state index contributed by atoms with van der Waals surface area (Å²) in [4.78, 5) is 35.6. The van der Waals surface area contributed by atoms with Gasteiger partial charge in [0.1, 0.15) is 12.4 Å². The molecular weight excluding hydrogens is 414 g/mol. The molecule has 2 unspecified atom stereocenters. The Hall–Kier alpha value is -3.24. The van der Waals surface area contributed by atoms with Crippen LogP contribution in [0.4, 0.5) is 11.4 Å². The summed E-state index contributed by atoms with van der Waals surface area (Å²) in [7, 11) is 0. The lowest BCUT2D eigenvalue weighted by Crippen LogP contribution is -2.57. The van der Waals surface area contributed by atoms with Gasteiger partial charge in [0.05, 0.1) is 16.1 Å². The Labute approximate surface area is 184 Å². The third kappa shape index (κ3) is 3.35. The van der Waals surface area contributed by atoms with Crippen LogP contribution in [-0.4, -0.2) is 36.3 Å². The van der Waals surface area contributed by atoms with E-state index < -0.39 is 10.8 Å². The van der Waals surface area contributed by atoms with E-state index in [2.05, 4.69) is 15.5 Å². The van der Waals surface area contributed by atoms with Gasteiger partial charge in [0.25, 0.3) is 5.91 Å². The van der Waals surface area contributed by atoms with Gasteiger partial charge >= 0.3 is 5.69 Å². The highest BCUT2D eigenvalue weighted by Crippen LogP contribution is 2.65. The fourth-order valence-electron chi connectivity index (χ4n) is 6.94. The van der Waals surface area contributed by atoms with Gasteiger partial charge in [0.15, 0.2) is 5.69 Å². The van der Waals surface area contributed by atoms with Crippen molar-refractivity contribution in [2.24, 2.45) is 23.0 Å². The zero-order valence-electron chi connectivity index (χ0n) is 18.0. The maximum Gasteiger partial charge on any atom is 0.307 e. The molecule has 2 atom stereocenters. The Morgan fingerprint density at radius 1 is 1.28 bits per heavy atom. The SMILES string of the molecule is CCn1cc(NC(=O)CC23CC4CC(C2)CC(n2cc([N+](=O)[O-])cn2)(C4)C3)c(C(N)=O)n1. The van der Waals surface area contributed by atoms with Crippen molar-refractivity contribution < 1.29 is 14.5 Å². The Kier molecular flexibility index (Phi) is 4.61. The summed E-state index contributed by atoms with van der Waals surface area (Å²) >= 11 is 0. The largest absolute Gasteiger partial charge is 0.364 e. The van der Waals surface area contributed by atoms with E-state index >= 15 is 0 Å². The number of amides is 2. The second-order valence-electron chi connectivity index (χ2n) is 9.92. The molecule has 0 spiro atoms.